The van der Waals surface area contributed by atoms with Gasteiger partial charge >= 0.3 is 0 Å². The van der Waals surface area contributed by atoms with E-state index in [0.717, 1.165) is 19.2 Å². The minimum atomic E-state index is -0.398. The number of phenols is 1. The molecule has 1 aromatic carbocycles. The average Bonchev–Trinajstić information content (AvgIpc) is 1.95. The number of hydrogen-bond donors (Lipinski definition) is 2. The standard InChI is InChI=1S/C9H9ClFNO/c10-8-2-6(11)1-7(9(8)13)5-3-12-4-5/h1-2,5,12-13H,3-4H2. The number of phenolic OH excluding ortho intramolecular Hbond substituents is 1. The molecule has 2 nitrogen and oxygen atoms in total. The minimum Gasteiger partial charge on any atom is -0.506 e. The highest BCUT2D eigenvalue weighted by Gasteiger charge is 2.23. The predicted octanol–water partition coefficient (Wildman–Crippen LogP) is 1.87. The number of aromatic hydroxyl groups is 1. The van der Waals surface area contributed by atoms with Crippen LogP contribution in [0.5, 0.6) is 5.75 Å². The van der Waals surface area contributed by atoms with Gasteiger partial charge in [0.15, 0.2) is 0 Å². The van der Waals surface area contributed by atoms with Crippen LogP contribution in [0.25, 0.3) is 0 Å². The molecule has 1 heterocycles. The van der Waals surface area contributed by atoms with E-state index < -0.39 is 5.82 Å². The first kappa shape index (κ1) is 8.78. The normalized spacial score (nSPS) is 17.1. The van der Waals surface area contributed by atoms with Crippen LogP contribution in [-0.2, 0) is 0 Å². The van der Waals surface area contributed by atoms with Crippen molar-refractivity contribution in [2.45, 2.75) is 5.92 Å². The van der Waals surface area contributed by atoms with E-state index in [0.29, 0.717) is 5.56 Å². The molecule has 70 valence electrons. The van der Waals surface area contributed by atoms with Crippen molar-refractivity contribution < 1.29 is 9.50 Å². The lowest BCUT2D eigenvalue weighted by Gasteiger charge is -2.28. The Kier molecular flexibility index (Phi) is 2.14. The number of nitrogens with one attached hydrogen (secondary N) is 1. The second kappa shape index (κ2) is 3.16. The van der Waals surface area contributed by atoms with Gasteiger partial charge in [0.1, 0.15) is 11.6 Å². The Morgan fingerprint density at radius 3 is 2.69 bits per heavy atom. The molecule has 0 saturated carbocycles. The topological polar surface area (TPSA) is 32.3 Å². The summed E-state index contributed by atoms with van der Waals surface area (Å²) in [4.78, 5) is 0. The van der Waals surface area contributed by atoms with Crippen molar-refractivity contribution in [2.75, 3.05) is 13.1 Å². The van der Waals surface area contributed by atoms with Crippen LogP contribution in [-0.4, -0.2) is 18.2 Å². The summed E-state index contributed by atoms with van der Waals surface area (Å²) in [6.07, 6.45) is 0. The highest BCUT2D eigenvalue weighted by molar-refractivity contribution is 6.32. The molecule has 1 aromatic rings. The summed E-state index contributed by atoms with van der Waals surface area (Å²) in [5, 5.41) is 12.7. The summed E-state index contributed by atoms with van der Waals surface area (Å²) >= 11 is 5.63. The van der Waals surface area contributed by atoms with Gasteiger partial charge in [-0.2, -0.15) is 0 Å². The largest absolute Gasteiger partial charge is 0.506 e. The van der Waals surface area contributed by atoms with E-state index in [1.807, 2.05) is 0 Å². The van der Waals surface area contributed by atoms with E-state index in [-0.39, 0.29) is 16.7 Å². The Morgan fingerprint density at radius 1 is 1.46 bits per heavy atom. The Bertz CT molecular complexity index is 339. The lowest BCUT2D eigenvalue weighted by Crippen LogP contribution is -2.39. The summed E-state index contributed by atoms with van der Waals surface area (Å²) in [6, 6.07) is 2.46. The number of hydrogen-bond acceptors (Lipinski definition) is 2. The van der Waals surface area contributed by atoms with E-state index in [4.69, 9.17) is 11.6 Å². The monoisotopic (exact) mass is 201 g/mol. The molecule has 0 aliphatic carbocycles. The second-order valence-electron chi connectivity index (χ2n) is 3.18. The minimum absolute atomic E-state index is 0.00886. The molecule has 1 aliphatic rings. The molecule has 0 amide bonds. The molecule has 2 N–H and O–H groups in total. The molecule has 13 heavy (non-hydrogen) atoms. The first-order chi connectivity index (χ1) is 6.18. The molecule has 1 aliphatic heterocycles. The molecule has 0 bridgehead atoms. The molecule has 0 unspecified atom stereocenters. The van der Waals surface area contributed by atoms with Crippen molar-refractivity contribution >= 4 is 11.6 Å². The predicted molar refractivity (Wildman–Crippen MR) is 48.7 cm³/mol. The smallest absolute Gasteiger partial charge is 0.137 e. The van der Waals surface area contributed by atoms with Crippen LogP contribution < -0.4 is 5.32 Å². The molecule has 0 atom stereocenters. The van der Waals surface area contributed by atoms with Crippen molar-refractivity contribution in [2.24, 2.45) is 0 Å². The summed E-state index contributed by atoms with van der Waals surface area (Å²) in [6.45, 7) is 1.54. The fourth-order valence-electron chi connectivity index (χ4n) is 1.41. The first-order valence-corrected chi connectivity index (χ1v) is 4.45. The van der Waals surface area contributed by atoms with Crippen molar-refractivity contribution in [3.8, 4) is 5.75 Å². The van der Waals surface area contributed by atoms with Gasteiger partial charge in [0, 0.05) is 24.6 Å². The molecule has 2 rings (SSSR count). The van der Waals surface area contributed by atoms with Crippen LogP contribution in [0.2, 0.25) is 5.02 Å². The molecule has 0 radical (unpaired) electrons. The fourth-order valence-corrected chi connectivity index (χ4v) is 1.62. The molecule has 0 aromatic heterocycles. The Morgan fingerprint density at radius 2 is 2.15 bits per heavy atom. The molecular weight excluding hydrogens is 193 g/mol. The highest BCUT2D eigenvalue weighted by atomic mass is 35.5. The molecule has 1 saturated heterocycles. The van der Waals surface area contributed by atoms with Crippen molar-refractivity contribution in [1.29, 1.82) is 0 Å². The van der Waals surface area contributed by atoms with Gasteiger partial charge in [-0.05, 0) is 12.1 Å². The third-order valence-electron chi connectivity index (χ3n) is 2.28. The van der Waals surface area contributed by atoms with Gasteiger partial charge in [-0.15, -0.1) is 0 Å². The van der Waals surface area contributed by atoms with Crippen molar-refractivity contribution in [3.05, 3.63) is 28.5 Å². The van der Waals surface area contributed by atoms with Crippen LogP contribution in [0.15, 0.2) is 12.1 Å². The quantitative estimate of drug-likeness (QED) is 0.727. The summed E-state index contributed by atoms with van der Waals surface area (Å²) < 4.78 is 12.9. The zero-order chi connectivity index (χ0) is 9.42. The average molecular weight is 202 g/mol. The maximum absolute atomic E-state index is 12.9. The zero-order valence-electron chi connectivity index (χ0n) is 6.85. The van der Waals surface area contributed by atoms with Crippen LogP contribution in [0.1, 0.15) is 11.5 Å². The van der Waals surface area contributed by atoms with Crippen molar-refractivity contribution in [1.82, 2.24) is 5.32 Å². The van der Waals surface area contributed by atoms with Crippen LogP contribution in [0.4, 0.5) is 4.39 Å². The summed E-state index contributed by atoms with van der Waals surface area (Å²) in [7, 11) is 0. The summed E-state index contributed by atoms with van der Waals surface area (Å²) in [5.41, 5.74) is 0.601. The second-order valence-corrected chi connectivity index (χ2v) is 3.59. The molecule has 4 heteroatoms. The third-order valence-corrected chi connectivity index (χ3v) is 2.57. The van der Waals surface area contributed by atoms with Gasteiger partial charge in [0.2, 0.25) is 0 Å². The van der Waals surface area contributed by atoms with Crippen molar-refractivity contribution in [3.63, 3.8) is 0 Å². The molecular formula is C9H9ClFNO. The van der Waals surface area contributed by atoms with E-state index >= 15 is 0 Å². The Balaban J connectivity index is 2.42. The lowest BCUT2D eigenvalue weighted by atomic mass is 9.93. The molecule has 1 fully saturated rings. The van der Waals surface area contributed by atoms with E-state index in [1.165, 1.54) is 6.07 Å². The van der Waals surface area contributed by atoms with Crippen LogP contribution >= 0.6 is 11.6 Å². The van der Waals surface area contributed by atoms with Gasteiger partial charge in [0.05, 0.1) is 5.02 Å². The number of rotatable bonds is 1. The molecule has 0 spiro atoms. The van der Waals surface area contributed by atoms with E-state index in [9.17, 15) is 9.50 Å². The van der Waals surface area contributed by atoms with E-state index in [2.05, 4.69) is 5.32 Å². The first-order valence-electron chi connectivity index (χ1n) is 4.07. The summed E-state index contributed by atoms with van der Waals surface area (Å²) in [5.74, 6) is -0.201. The lowest BCUT2D eigenvalue weighted by molar-refractivity contribution is 0.411. The van der Waals surface area contributed by atoms with Crippen LogP contribution in [0, 0.1) is 5.82 Å². The van der Waals surface area contributed by atoms with Gasteiger partial charge in [-0.1, -0.05) is 11.6 Å². The van der Waals surface area contributed by atoms with E-state index in [1.54, 1.807) is 0 Å². The SMILES string of the molecule is Oc1c(Cl)cc(F)cc1C1CNC1. The van der Waals surface area contributed by atoms with Crippen LogP contribution in [0.3, 0.4) is 0 Å². The number of benzene rings is 1. The van der Waals surface area contributed by atoms with Gasteiger partial charge in [-0.3, -0.25) is 0 Å². The maximum Gasteiger partial charge on any atom is 0.137 e. The maximum atomic E-state index is 12.9. The highest BCUT2D eigenvalue weighted by Crippen LogP contribution is 2.34. The zero-order valence-corrected chi connectivity index (χ0v) is 7.61. The Labute approximate surface area is 80.3 Å². The van der Waals surface area contributed by atoms with Gasteiger partial charge < -0.3 is 10.4 Å². The third kappa shape index (κ3) is 1.49. The van der Waals surface area contributed by atoms with Gasteiger partial charge in [-0.25, -0.2) is 4.39 Å². The van der Waals surface area contributed by atoms with Gasteiger partial charge in [0.25, 0.3) is 0 Å². The number of halogens is 2. The fraction of sp³-hybridized carbons (Fsp3) is 0.333. The Hall–Kier alpha value is -0.800.